The Morgan fingerprint density at radius 2 is 1.75 bits per heavy atom. The van der Waals surface area contributed by atoms with E-state index in [2.05, 4.69) is 4.99 Å². The highest BCUT2D eigenvalue weighted by Crippen LogP contribution is 2.33. The smallest absolute Gasteiger partial charge is 0.250 e. The molecule has 0 heterocycles. The summed E-state index contributed by atoms with van der Waals surface area (Å²) in [4.78, 5) is 4.96. The zero-order valence-corrected chi connectivity index (χ0v) is 15.0. The van der Waals surface area contributed by atoms with Gasteiger partial charge < -0.3 is 0 Å². The quantitative estimate of drug-likeness (QED) is 0.453. The summed E-state index contributed by atoms with van der Waals surface area (Å²) >= 11 is 1.02. The van der Waals surface area contributed by atoms with Crippen LogP contribution in [0.1, 0.15) is 30.5 Å². The first-order chi connectivity index (χ1) is 11.2. The Kier molecular flexibility index (Phi) is 5.75. The fraction of sp³-hybridized carbons (Fsp3) is 0.316. The van der Waals surface area contributed by atoms with E-state index in [1.54, 1.807) is 19.9 Å². The van der Waals surface area contributed by atoms with Gasteiger partial charge in [0.15, 0.2) is 0 Å². The molecule has 0 spiro atoms. The van der Waals surface area contributed by atoms with Crippen molar-refractivity contribution in [3.05, 3.63) is 58.9 Å². The summed E-state index contributed by atoms with van der Waals surface area (Å²) in [7, 11) is 0. The normalized spacial score (nSPS) is 12.5. The first kappa shape index (κ1) is 18.6. The number of aliphatic imine (C=N–C) groups is 1. The van der Waals surface area contributed by atoms with E-state index in [4.69, 9.17) is 0 Å². The van der Waals surface area contributed by atoms with Crippen LogP contribution in [-0.4, -0.2) is 17.4 Å². The van der Waals surface area contributed by atoms with Gasteiger partial charge >= 0.3 is 0 Å². The summed E-state index contributed by atoms with van der Waals surface area (Å²) in [5.41, 5.74) is 3.51. The number of alkyl halides is 2. The van der Waals surface area contributed by atoms with E-state index in [1.165, 1.54) is 6.07 Å². The Bertz CT molecular complexity index is 746. The van der Waals surface area contributed by atoms with Crippen LogP contribution in [0.5, 0.6) is 0 Å². The lowest BCUT2D eigenvalue weighted by Gasteiger charge is -2.12. The zero-order valence-electron chi connectivity index (χ0n) is 14.2. The van der Waals surface area contributed by atoms with Crippen molar-refractivity contribution in [2.24, 2.45) is 4.99 Å². The molecule has 0 N–H and O–H groups in total. The number of benzene rings is 2. The maximum absolute atomic E-state index is 14.2. The number of hydrogen-bond donors (Lipinski definition) is 0. The summed E-state index contributed by atoms with van der Waals surface area (Å²) in [5.74, 6) is -3.57. The van der Waals surface area contributed by atoms with Crippen LogP contribution < -0.4 is 0 Å². The maximum atomic E-state index is 14.2. The molecular weight excluding hydrogens is 331 g/mol. The predicted molar refractivity (Wildman–Crippen MR) is 95.5 cm³/mol. The fourth-order valence-corrected chi connectivity index (χ4v) is 3.02. The number of thioether (sulfide) groups is 1. The standard InChI is InChI=1S/C19H20F3NS/c1-12-5-7-15(8-6-12)14(3)23-17-10-18(13(2)9-16(17)20)24-11-19(4,21)22/h5-10H,11H2,1-4H3. The summed E-state index contributed by atoms with van der Waals surface area (Å²) in [5, 5.41) is 0. The fourth-order valence-electron chi connectivity index (χ4n) is 2.13. The minimum Gasteiger partial charge on any atom is -0.250 e. The van der Waals surface area contributed by atoms with Crippen LogP contribution in [0.2, 0.25) is 0 Å². The third-order valence-electron chi connectivity index (χ3n) is 3.48. The number of nitrogens with zero attached hydrogens (tertiary/aromatic N) is 1. The first-order valence-corrected chi connectivity index (χ1v) is 8.57. The number of halogens is 3. The molecule has 1 nitrogen and oxygen atoms in total. The lowest BCUT2D eigenvalue weighted by molar-refractivity contribution is 0.0492. The van der Waals surface area contributed by atoms with Gasteiger partial charge in [-0.05, 0) is 44.0 Å². The van der Waals surface area contributed by atoms with Gasteiger partial charge in [-0.15, -0.1) is 11.8 Å². The molecule has 0 aliphatic carbocycles. The molecule has 0 unspecified atom stereocenters. The van der Waals surface area contributed by atoms with Crippen LogP contribution in [0.3, 0.4) is 0 Å². The van der Waals surface area contributed by atoms with Gasteiger partial charge in [0, 0.05) is 17.5 Å². The molecule has 2 aromatic carbocycles. The molecule has 0 aliphatic heterocycles. The summed E-state index contributed by atoms with van der Waals surface area (Å²) < 4.78 is 40.3. The monoisotopic (exact) mass is 351 g/mol. The van der Waals surface area contributed by atoms with Gasteiger partial charge in [0.25, 0.3) is 5.92 Å². The molecule has 2 aromatic rings. The van der Waals surface area contributed by atoms with E-state index in [1.807, 2.05) is 31.2 Å². The number of aryl methyl sites for hydroxylation is 2. The van der Waals surface area contributed by atoms with Crippen LogP contribution in [0, 0.1) is 19.7 Å². The minimum absolute atomic E-state index is 0.167. The Morgan fingerprint density at radius 1 is 1.12 bits per heavy atom. The van der Waals surface area contributed by atoms with Crippen LogP contribution >= 0.6 is 11.8 Å². The Balaban J connectivity index is 2.32. The first-order valence-electron chi connectivity index (χ1n) is 7.59. The SMILES string of the molecule is CC(=Nc1cc(SCC(C)(F)F)c(C)cc1F)c1ccc(C)cc1. The maximum Gasteiger partial charge on any atom is 0.254 e. The van der Waals surface area contributed by atoms with E-state index in [9.17, 15) is 13.2 Å². The van der Waals surface area contributed by atoms with Crippen molar-refractivity contribution in [3.8, 4) is 0 Å². The zero-order chi connectivity index (χ0) is 17.9. The van der Waals surface area contributed by atoms with Crippen LogP contribution in [0.4, 0.5) is 18.9 Å². The van der Waals surface area contributed by atoms with E-state index in [-0.39, 0.29) is 11.4 Å². The minimum atomic E-state index is -2.77. The summed E-state index contributed by atoms with van der Waals surface area (Å²) in [6.45, 7) is 6.37. The van der Waals surface area contributed by atoms with Crippen molar-refractivity contribution in [3.63, 3.8) is 0 Å². The van der Waals surface area contributed by atoms with Crippen molar-refractivity contribution in [1.29, 1.82) is 0 Å². The molecule has 0 fully saturated rings. The molecule has 0 aromatic heterocycles. The lowest BCUT2D eigenvalue weighted by atomic mass is 10.1. The van der Waals surface area contributed by atoms with E-state index < -0.39 is 11.7 Å². The summed E-state index contributed by atoms with van der Waals surface area (Å²) in [6, 6.07) is 10.7. The van der Waals surface area contributed by atoms with Crippen molar-refractivity contribution < 1.29 is 13.2 Å². The molecule has 2 rings (SSSR count). The van der Waals surface area contributed by atoms with Crippen molar-refractivity contribution >= 4 is 23.2 Å². The largest absolute Gasteiger partial charge is 0.254 e. The molecule has 24 heavy (non-hydrogen) atoms. The van der Waals surface area contributed by atoms with Gasteiger partial charge in [0.2, 0.25) is 0 Å². The van der Waals surface area contributed by atoms with E-state index in [0.717, 1.165) is 29.8 Å². The van der Waals surface area contributed by atoms with Crippen molar-refractivity contribution in [1.82, 2.24) is 0 Å². The van der Waals surface area contributed by atoms with Gasteiger partial charge in [-0.3, -0.25) is 4.99 Å². The molecule has 0 atom stereocenters. The number of rotatable bonds is 5. The van der Waals surface area contributed by atoms with E-state index >= 15 is 0 Å². The van der Waals surface area contributed by atoms with Gasteiger partial charge in [0.05, 0.1) is 5.75 Å². The highest BCUT2D eigenvalue weighted by Gasteiger charge is 2.22. The van der Waals surface area contributed by atoms with Crippen molar-refractivity contribution in [2.45, 2.75) is 38.5 Å². The Morgan fingerprint density at radius 3 is 2.33 bits per heavy atom. The highest BCUT2D eigenvalue weighted by atomic mass is 32.2. The molecule has 0 amide bonds. The average molecular weight is 351 g/mol. The molecular formula is C19H20F3NS. The van der Waals surface area contributed by atoms with Gasteiger partial charge in [-0.2, -0.15) is 0 Å². The second-order valence-electron chi connectivity index (χ2n) is 5.99. The predicted octanol–water partition coefficient (Wildman–Crippen LogP) is 6.33. The van der Waals surface area contributed by atoms with Gasteiger partial charge in [-0.1, -0.05) is 29.8 Å². The third-order valence-corrected chi connectivity index (χ3v) is 4.89. The highest BCUT2D eigenvalue weighted by molar-refractivity contribution is 7.99. The second kappa shape index (κ2) is 7.43. The van der Waals surface area contributed by atoms with Crippen LogP contribution in [0.25, 0.3) is 0 Å². The Labute approximate surface area is 145 Å². The lowest BCUT2D eigenvalue weighted by Crippen LogP contribution is -2.12. The molecule has 0 aliphatic rings. The topological polar surface area (TPSA) is 12.4 Å². The molecule has 0 bridgehead atoms. The number of hydrogen-bond acceptors (Lipinski definition) is 2. The van der Waals surface area contributed by atoms with Crippen molar-refractivity contribution in [2.75, 3.05) is 5.75 Å². The Hall–Kier alpha value is -1.75. The molecule has 0 radical (unpaired) electrons. The summed E-state index contributed by atoms with van der Waals surface area (Å²) in [6.07, 6.45) is 0. The molecule has 0 saturated carbocycles. The third kappa shape index (κ3) is 5.13. The van der Waals surface area contributed by atoms with Crippen LogP contribution in [-0.2, 0) is 0 Å². The van der Waals surface area contributed by atoms with Gasteiger partial charge in [-0.25, -0.2) is 13.2 Å². The van der Waals surface area contributed by atoms with Crippen LogP contribution in [0.15, 0.2) is 46.3 Å². The van der Waals surface area contributed by atoms with Gasteiger partial charge in [0.1, 0.15) is 11.5 Å². The average Bonchev–Trinajstić information content (AvgIpc) is 2.48. The molecule has 5 heteroatoms. The second-order valence-corrected chi connectivity index (χ2v) is 7.01. The van der Waals surface area contributed by atoms with E-state index in [0.29, 0.717) is 16.2 Å². The molecule has 0 saturated heterocycles. The molecule has 128 valence electrons.